The molecule has 1 aromatic rings. The number of sulfone groups is 1. The van der Waals surface area contributed by atoms with Crippen LogP contribution in [0.3, 0.4) is 0 Å². The van der Waals surface area contributed by atoms with Crippen LogP contribution in [0.25, 0.3) is 6.08 Å². The van der Waals surface area contributed by atoms with Crippen molar-refractivity contribution in [2.45, 2.75) is 31.7 Å². The minimum atomic E-state index is -3.07. The molecule has 3 saturated heterocycles. The smallest absolute Gasteiger partial charge is 0.266 e. The van der Waals surface area contributed by atoms with E-state index in [-0.39, 0.29) is 23.5 Å². The molecule has 3 fully saturated rings. The molecule has 3 aliphatic rings. The van der Waals surface area contributed by atoms with E-state index in [0.29, 0.717) is 21.4 Å². The van der Waals surface area contributed by atoms with Gasteiger partial charge in [0.25, 0.3) is 5.91 Å². The largest absolute Gasteiger partial charge is 0.441 e. The molecule has 0 saturated carbocycles. The van der Waals surface area contributed by atoms with Crippen LogP contribution >= 0.6 is 24.0 Å². The summed E-state index contributed by atoms with van der Waals surface area (Å²) in [5, 5.41) is 0. The number of hydrogen-bond acceptors (Lipinski definition) is 7. The number of amides is 1. The van der Waals surface area contributed by atoms with Gasteiger partial charge in [0.15, 0.2) is 15.7 Å². The lowest BCUT2D eigenvalue weighted by Gasteiger charge is -2.25. The van der Waals surface area contributed by atoms with Crippen LogP contribution in [0.5, 0.6) is 0 Å². The Hall–Kier alpha value is -1.32. The van der Waals surface area contributed by atoms with E-state index in [0.717, 1.165) is 19.0 Å². The second kappa shape index (κ2) is 7.01. The molecule has 0 aliphatic carbocycles. The fourth-order valence-electron chi connectivity index (χ4n) is 3.61. The summed E-state index contributed by atoms with van der Waals surface area (Å²) in [5.74, 6) is 1.33. The highest BCUT2D eigenvalue weighted by molar-refractivity contribution is 8.26. The summed E-state index contributed by atoms with van der Waals surface area (Å²) in [6.45, 7) is 1.98. The third-order valence-electron chi connectivity index (χ3n) is 4.95. The lowest BCUT2D eigenvalue weighted by Crippen LogP contribution is -2.39. The summed E-state index contributed by atoms with van der Waals surface area (Å²) in [6.07, 6.45) is 5.74. The lowest BCUT2D eigenvalue weighted by atomic mass is 10.1. The summed E-state index contributed by atoms with van der Waals surface area (Å²) in [5.41, 5.74) is 0. The number of piperidine rings is 1. The number of furan rings is 1. The van der Waals surface area contributed by atoms with Gasteiger partial charge in [-0.05, 0) is 31.7 Å². The van der Waals surface area contributed by atoms with Crippen molar-refractivity contribution in [3.63, 3.8) is 0 Å². The van der Waals surface area contributed by atoms with E-state index in [1.807, 2.05) is 12.1 Å². The predicted octanol–water partition coefficient (Wildman–Crippen LogP) is 2.66. The van der Waals surface area contributed by atoms with Gasteiger partial charge in [-0.15, -0.1) is 0 Å². The molecule has 1 aromatic heterocycles. The Balaban J connectivity index is 1.50. The summed E-state index contributed by atoms with van der Waals surface area (Å²) < 4.78 is 29.7. The van der Waals surface area contributed by atoms with Crippen molar-refractivity contribution in [2.24, 2.45) is 0 Å². The SMILES string of the molecule is O=C1/C(=C\c2ccc(N3CCCCC3)o2)SC(=S)N1[C@@H]1CCS(=O)(=O)C1. The van der Waals surface area contributed by atoms with E-state index in [1.165, 1.54) is 35.9 Å². The summed E-state index contributed by atoms with van der Waals surface area (Å²) >= 11 is 6.53. The van der Waals surface area contributed by atoms with Gasteiger partial charge in [-0.1, -0.05) is 24.0 Å². The quantitative estimate of drug-likeness (QED) is 0.558. The van der Waals surface area contributed by atoms with E-state index in [4.69, 9.17) is 16.6 Å². The first-order valence-electron chi connectivity index (χ1n) is 8.75. The molecule has 26 heavy (non-hydrogen) atoms. The molecule has 6 nitrogen and oxygen atoms in total. The number of carbonyl (C=O) groups excluding carboxylic acids is 1. The van der Waals surface area contributed by atoms with Crippen LogP contribution in [0, 0.1) is 0 Å². The number of thiocarbonyl (C=S) groups is 1. The molecule has 0 radical (unpaired) electrons. The van der Waals surface area contributed by atoms with Crippen LogP contribution in [-0.4, -0.2) is 54.2 Å². The zero-order chi connectivity index (χ0) is 18.3. The van der Waals surface area contributed by atoms with Gasteiger partial charge < -0.3 is 9.32 Å². The Labute approximate surface area is 162 Å². The van der Waals surface area contributed by atoms with Gasteiger partial charge in [0.05, 0.1) is 22.5 Å². The van der Waals surface area contributed by atoms with Gasteiger partial charge in [-0.3, -0.25) is 9.69 Å². The standard InChI is InChI=1S/C17H20N2O4S3/c20-16-14(25-17(24)19(16)12-6-9-26(21,22)11-12)10-13-4-5-15(23-13)18-7-2-1-3-8-18/h4-5,10,12H,1-3,6-9,11H2/b14-10+/t12-/m1/s1. The molecule has 9 heteroatoms. The summed E-state index contributed by atoms with van der Waals surface area (Å²) in [7, 11) is -3.07. The number of rotatable bonds is 3. The molecule has 1 atom stereocenters. The highest BCUT2D eigenvalue weighted by Gasteiger charge is 2.42. The molecule has 0 aromatic carbocycles. The third kappa shape index (κ3) is 3.57. The van der Waals surface area contributed by atoms with Gasteiger partial charge in [0.2, 0.25) is 0 Å². The van der Waals surface area contributed by atoms with Crippen LogP contribution < -0.4 is 4.90 Å². The Morgan fingerprint density at radius 2 is 2.00 bits per heavy atom. The molecule has 1 amide bonds. The zero-order valence-electron chi connectivity index (χ0n) is 14.2. The second-order valence-corrected chi connectivity index (χ2v) is 10.7. The minimum Gasteiger partial charge on any atom is -0.441 e. The first-order chi connectivity index (χ1) is 12.4. The second-order valence-electron chi connectivity index (χ2n) is 6.83. The molecular formula is C17H20N2O4S3. The van der Waals surface area contributed by atoms with Crippen LogP contribution in [0.1, 0.15) is 31.4 Å². The first kappa shape index (κ1) is 18.1. The van der Waals surface area contributed by atoms with Gasteiger partial charge in [-0.2, -0.15) is 0 Å². The van der Waals surface area contributed by atoms with Crippen molar-refractivity contribution < 1.29 is 17.6 Å². The highest BCUT2D eigenvalue weighted by Crippen LogP contribution is 2.36. The maximum Gasteiger partial charge on any atom is 0.266 e. The van der Waals surface area contributed by atoms with Crippen molar-refractivity contribution in [1.29, 1.82) is 0 Å². The average molecular weight is 413 g/mol. The zero-order valence-corrected chi connectivity index (χ0v) is 16.7. The fraction of sp³-hybridized carbons (Fsp3) is 0.529. The molecule has 0 unspecified atom stereocenters. The van der Waals surface area contributed by atoms with Crippen molar-refractivity contribution >= 4 is 56.0 Å². The van der Waals surface area contributed by atoms with Crippen LogP contribution in [0.4, 0.5) is 5.88 Å². The lowest BCUT2D eigenvalue weighted by molar-refractivity contribution is -0.123. The van der Waals surface area contributed by atoms with Crippen molar-refractivity contribution in [2.75, 3.05) is 29.5 Å². The van der Waals surface area contributed by atoms with Crippen LogP contribution in [-0.2, 0) is 14.6 Å². The molecule has 4 heterocycles. The Bertz CT molecular complexity index is 868. The van der Waals surface area contributed by atoms with E-state index < -0.39 is 9.84 Å². The normalized spacial score (nSPS) is 27.7. The van der Waals surface area contributed by atoms with Gasteiger partial charge in [0.1, 0.15) is 10.1 Å². The number of thioether (sulfide) groups is 1. The number of carbonyl (C=O) groups is 1. The molecule has 0 N–H and O–H groups in total. The topological polar surface area (TPSA) is 70.8 Å². The van der Waals surface area contributed by atoms with Crippen molar-refractivity contribution in [3.8, 4) is 0 Å². The van der Waals surface area contributed by atoms with Gasteiger partial charge in [-0.25, -0.2) is 8.42 Å². The molecule has 3 aliphatic heterocycles. The van der Waals surface area contributed by atoms with Gasteiger partial charge in [0, 0.05) is 25.2 Å². The third-order valence-corrected chi connectivity index (χ3v) is 8.03. The number of hydrogen-bond donors (Lipinski definition) is 0. The molecule has 0 spiro atoms. The monoisotopic (exact) mass is 412 g/mol. The molecule has 0 bridgehead atoms. The first-order valence-corrected chi connectivity index (χ1v) is 11.8. The summed E-state index contributed by atoms with van der Waals surface area (Å²) in [4.78, 5) is 16.9. The fourth-order valence-corrected chi connectivity index (χ4v) is 6.69. The van der Waals surface area contributed by atoms with Crippen LogP contribution in [0.15, 0.2) is 21.5 Å². The van der Waals surface area contributed by atoms with E-state index >= 15 is 0 Å². The Morgan fingerprint density at radius 1 is 1.23 bits per heavy atom. The molecule has 4 rings (SSSR count). The Kier molecular flexibility index (Phi) is 4.87. The molecule has 140 valence electrons. The van der Waals surface area contributed by atoms with Gasteiger partial charge >= 0.3 is 0 Å². The van der Waals surface area contributed by atoms with Crippen molar-refractivity contribution in [1.82, 2.24) is 4.90 Å². The van der Waals surface area contributed by atoms with Crippen LogP contribution in [0.2, 0.25) is 0 Å². The Morgan fingerprint density at radius 3 is 2.69 bits per heavy atom. The highest BCUT2D eigenvalue weighted by atomic mass is 32.2. The minimum absolute atomic E-state index is 0.00736. The van der Waals surface area contributed by atoms with E-state index in [9.17, 15) is 13.2 Å². The maximum atomic E-state index is 12.7. The predicted molar refractivity (Wildman–Crippen MR) is 107 cm³/mol. The molecular weight excluding hydrogens is 392 g/mol. The average Bonchev–Trinajstić information content (AvgIpc) is 3.28. The maximum absolute atomic E-state index is 12.7. The number of anilines is 1. The van der Waals surface area contributed by atoms with E-state index in [2.05, 4.69) is 4.90 Å². The summed E-state index contributed by atoms with van der Waals surface area (Å²) in [6, 6.07) is 3.44. The van der Waals surface area contributed by atoms with Crippen molar-refractivity contribution in [3.05, 3.63) is 22.8 Å². The van der Waals surface area contributed by atoms with E-state index in [1.54, 1.807) is 6.08 Å². The number of nitrogens with zero attached hydrogens (tertiary/aromatic N) is 2.